The Kier molecular flexibility index (Phi) is 10.2. The highest BCUT2D eigenvalue weighted by Crippen LogP contribution is 2.16. The van der Waals surface area contributed by atoms with Crippen molar-refractivity contribution in [3.63, 3.8) is 0 Å². The number of thioether (sulfide) groups is 1. The molecule has 8 heteroatoms. The van der Waals surface area contributed by atoms with Crippen molar-refractivity contribution in [2.24, 2.45) is 0 Å². The molecule has 1 unspecified atom stereocenters. The number of rotatable bonds is 10. The molecule has 1 fully saturated rings. The Morgan fingerprint density at radius 3 is 2.37 bits per heavy atom. The summed E-state index contributed by atoms with van der Waals surface area (Å²) in [4.78, 5) is 40.7. The maximum atomic E-state index is 12.7. The van der Waals surface area contributed by atoms with Gasteiger partial charge in [0.2, 0.25) is 17.7 Å². The standard InChI is InChI=1S/C22H34N4O3S/c1-4-5-10-23-20(27)15-25-11-13-26(14-12-25)22(29)18(3)30-16-21(28)24-19-8-6-17(2)7-9-19/h6-9,18H,4-5,10-16H2,1-3H3,(H,23,27)(H,24,28). The third-order valence-corrected chi connectivity index (χ3v) is 6.18. The Morgan fingerprint density at radius 1 is 1.07 bits per heavy atom. The second kappa shape index (κ2) is 12.6. The normalized spacial score (nSPS) is 15.5. The number of carbonyl (C=O) groups excluding carboxylic acids is 3. The van der Waals surface area contributed by atoms with Gasteiger partial charge in [0.1, 0.15) is 0 Å². The number of hydrogen-bond acceptors (Lipinski definition) is 5. The molecule has 3 amide bonds. The molecule has 166 valence electrons. The van der Waals surface area contributed by atoms with Gasteiger partial charge in [0, 0.05) is 38.4 Å². The third-order valence-electron chi connectivity index (χ3n) is 5.05. The summed E-state index contributed by atoms with van der Waals surface area (Å²) in [5.41, 5.74) is 1.90. The van der Waals surface area contributed by atoms with E-state index in [9.17, 15) is 14.4 Å². The first-order chi connectivity index (χ1) is 14.4. The first kappa shape index (κ1) is 24.2. The molecule has 0 saturated carbocycles. The Labute approximate surface area is 183 Å². The van der Waals surface area contributed by atoms with Gasteiger partial charge in [-0.2, -0.15) is 0 Å². The van der Waals surface area contributed by atoms with Gasteiger partial charge in [-0.05, 0) is 32.4 Å². The Hall–Kier alpha value is -2.06. The number of unbranched alkanes of at least 4 members (excludes halogenated alkanes) is 1. The van der Waals surface area contributed by atoms with Gasteiger partial charge >= 0.3 is 0 Å². The summed E-state index contributed by atoms with van der Waals surface area (Å²) in [5.74, 6) is 0.225. The average Bonchev–Trinajstić information content (AvgIpc) is 2.74. The lowest BCUT2D eigenvalue weighted by atomic mass is 10.2. The SMILES string of the molecule is CCCCNC(=O)CN1CCN(C(=O)C(C)SCC(=O)Nc2ccc(C)cc2)CC1. The smallest absolute Gasteiger partial charge is 0.235 e. The minimum absolute atomic E-state index is 0.0479. The van der Waals surface area contributed by atoms with Crippen LogP contribution in [0.2, 0.25) is 0 Å². The van der Waals surface area contributed by atoms with Gasteiger partial charge in [0.15, 0.2) is 0 Å². The maximum absolute atomic E-state index is 12.7. The van der Waals surface area contributed by atoms with Crippen LogP contribution < -0.4 is 10.6 Å². The van der Waals surface area contributed by atoms with Crippen LogP contribution in [-0.2, 0) is 14.4 Å². The lowest BCUT2D eigenvalue weighted by molar-refractivity contribution is -0.132. The number of benzene rings is 1. The van der Waals surface area contributed by atoms with E-state index >= 15 is 0 Å². The summed E-state index contributed by atoms with van der Waals surface area (Å²) in [6, 6.07) is 7.64. The van der Waals surface area contributed by atoms with Gasteiger partial charge in [0.25, 0.3) is 0 Å². The highest BCUT2D eigenvalue weighted by molar-refractivity contribution is 8.01. The molecule has 0 bridgehead atoms. The van der Waals surface area contributed by atoms with Gasteiger partial charge in [-0.15, -0.1) is 11.8 Å². The van der Waals surface area contributed by atoms with Crippen LogP contribution in [0.3, 0.4) is 0 Å². The summed E-state index contributed by atoms with van der Waals surface area (Å²) in [6.45, 7) is 9.66. The van der Waals surface area contributed by atoms with Crippen molar-refractivity contribution in [3.8, 4) is 0 Å². The van der Waals surface area contributed by atoms with E-state index in [2.05, 4.69) is 22.5 Å². The first-order valence-electron chi connectivity index (χ1n) is 10.6. The number of aryl methyl sites for hydroxylation is 1. The molecule has 1 heterocycles. The van der Waals surface area contributed by atoms with Crippen molar-refractivity contribution in [1.82, 2.24) is 15.1 Å². The molecule has 2 rings (SSSR count). The van der Waals surface area contributed by atoms with Crippen LogP contribution in [0.5, 0.6) is 0 Å². The first-order valence-corrected chi connectivity index (χ1v) is 11.7. The molecule has 7 nitrogen and oxygen atoms in total. The summed E-state index contributed by atoms with van der Waals surface area (Å²) in [6.07, 6.45) is 2.05. The molecule has 1 aromatic rings. The fourth-order valence-corrected chi connectivity index (χ4v) is 3.92. The van der Waals surface area contributed by atoms with E-state index in [-0.39, 0.29) is 28.7 Å². The summed E-state index contributed by atoms with van der Waals surface area (Å²) >= 11 is 1.35. The van der Waals surface area contributed by atoms with E-state index in [1.54, 1.807) is 0 Å². The van der Waals surface area contributed by atoms with Gasteiger partial charge in [-0.3, -0.25) is 19.3 Å². The molecule has 0 aliphatic carbocycles. The molecular weight excluding hydrogens is 400 g/mol. The second-order valence-electron chi connectivity index (χ2n) is 7.67. The van der Waals surface area contributed by atoms with Crippen molar-refractivity contribution >= 4 is 35.2 Å². The highest BCUT2D eigenvalue weighted by atomic mass is 32.2. The number of piperazine rings is 1. The Balaban J connectivity index is 1.67. The van der Waals surface area contributed by atoms with Crippen molar-refractivity contribution in [1.29, 1.82) is 0 Å². The van der Waals surface area contributed by atoms with E-state index in [1.165, 1.54) is 11.8 Å². The molecule has 30 heavy (non-hydrogen) atoms. The summed E-state index contributed by atoms with van der Waals surface area (Å²) in [7, 11) is 0. The van der Waals surface area contributed by atoms with Crippen LogP contribution in [0, 0.1) is 6.92 Å². The quantitative estimate of drug-likeness (QED) is 0.551. The molecule has 2 N–H and O–H groups in total. The number of hydrogen-bond donors (Lipinski definition) is 2. The zero-order valence-corrected chi connectivity index (χ0v) is 19.1. The summed E-state index contributed by atoms with van der Waals surface area (Å²) < 4.78 is 0. The fraction of sp³-hybridized carbons (Fsp3) is 0.591. The van der Waals surface area contributed by atoms with E-state index in [1.807, 2.05) is 43.0 Å². The van der Waals surface area contributed by atoms with Crippen LogP contribution in [0.4, 0.5) is 5.69 Å². The molecular formula is C22H34N4O3S. The van der Waals surface area contributed by atoms with Crippen molar-refractivity contribution in [3.05, 3.63) is 29.8 Å². The number of amides is 3. The minimum atomic E-state index is -0.280. The summed E-state index contributed by atoms with van der Waals surface area (Å²) in [5, 5.41) is 5.50. The molecule has 1 aliphatic rings. The Bertz CT molecular complexity index is 703. The van der Waals surface area contributed by atoms with Crippen LogP contribution >= 0.6 is 11.8 Å². The molecule has 1 aromatic carbocycles. The van der Waals surface area contributed by atoms with Crippen LogP contribution in [-0.4, -0.2) is 77.8 Å². The monoisotopic (exact) mass is 434 g/mol. The third kappa shape index (κ3) is 8.36. The number of nitrogens with one attached hydrogen (secondary N) is 2. The fourth-order valence-electron chi connectivity index (χ4n) is 3.15. The van der Waals surface area contributed by atoms with Gasteiger partial charge < -0.3 is 15.5 Å². The van der Waals surface area contributed by atoms with E-state index in [0.29, 0.717) is 32.7 Å². The number of anilines is 1. The van der Waals surface area contributed by atoms with E-state index in [0.717, 1.165) is 30.6 Å². The van der Waals surface area contributed by atoms with Gasteiger partial charge in [-0.25, -0.2) is 0 Å². The molecule has 0 aromatic heterocycles. The van der Waals surface area contributed by atoms with Crippen LogP contribution in [0.15, 0.2) is 24.3 Å². The van der Waals surface area contributed by atoms with Crippen LogP contribution in [0.25, 0.3) is 0 Å². The lowest BCUT2D eigenvalue weighted by Gasteiger charge is -2.35. The highest BCUT2D eigenvalue weighted by Gasteiger charge is 2.26. The molecule has 1 saturated heterocycles. The second-order valence-corrected chi connectivity index (χ2v) is 9.00. The van der Waals surface area contributed by atoms with Gasteiger partial charge in [0.05, 0.1) is 17.5 Å². The van der Waals surface area contributed by atoms with Crippen LogP contribution in [0.1, 0.15) is 32.3 Å². The molecule has 1 atom stereocenters. The zero-order valence-electron chi connectivity index (χ0n) is 18.3. The predicted molar refractivity (Wildman–Crippen MR) is 123 cm³/mol. The number of carbonyl (C=O) groups is 3. The lowest BCUT2D eigenvalue weighted by Crippen LogP contribution is -2.52. The molecule has 0 radical (unpaired) electrons. The molecule has 0 spiro atoms. The van der Waals surface area contributed by atoms with Crippen molar-refractivity contribution in [2.75, 3.05) is 50.3 Å². The number of nitrogens with zero attached hydrogens (tertiary/aromatic N) is 2. The maximum Gasteiger partial charge on any atom is 0.235 e. The Morgan fingerprint density at radius 2 is 1.73 bits per heavy atom. The van der Waals surface area contributed by atoms with E-state index in [4.69, 9.17) is 0 Å². The van der Waals surface area contributed by atoms with E-state index < -0.39 is 0 Å². The molecule has 1 aliphatic heterocycles. The average molecular weight is 435 g/mol. The topological polar surface area (TPSA) is 81.8 Å². The van der Waals surface area contributed by atoms with Crippen molar-refractivity contribution < 1.29 is 14.4 Å². The largest absolute Gasteiger partial charge is 0.355 e. The van der Waals surface area contributed by atoms with Gasteiger partial charge in [-0.1, -0.05) is 31.0 Å². The van der Waals surface area contributed by atoms with Crippen molar-refractivity contribution in [2.45, 2.75) is 38.9 Å². The zero-order chi connectivity index (χ0) is 21.9. The minimum Gasteiger partial charge on any atom is -0.355 e. The predicted octanol–water partition coefficient (Wildman–Crippen LogP) is 2.12.